The van der Waals surface area contributed by atoms with Crippen LogP contribution in [0.1, 0.15) is 28.1 Å². The summed E-state index contributed by atoms with van der Waals surface area (Å²) in [5.74, 6) is 0.977. The Hall–Kier alpha value is -1.65. The summed E-state index contributed by atoms with van der Waals surface area (Å²) in [4.78, 5) is 4.53. The lowest BCUT2D eigenvalue weighted by Gasteiger charge is -2.11. The van der Waals surface area contributed by atoms with E-state index in [4.69, 9.17) is 4.42 Å². The molecule has 0 aliphatic heterocycles. The van der Waals surface area contributed by atoms with Gasteiger partial charge in [0.15, 0.2) is 0 Å². The van der Waals surface area contributed by atoms with Crippen LogP contribution < -0.4 is 5.32 Å². The van der Waals surface area contributed by atoms with Crippen molar-refractivity contribution in [3.05, 3.63) is 51.7 Å². The van der Waals surface area contributed by atoms with E-state index in [-0.39, 0.29) is 6.04 Å². The van der Waals surface area contributed by atoms with Crippen LogP contribution in [0.3, 0.4) is 0 Å². The second kappa shape index (κ2) is 5.38. The molecule has 2 aromatic heterocycles. The Bertz CT molecular complexity index is 729. The van der Waals surface area contributed by atoms with E-state index in [1.165, 1.54) is 5.56 Å². The Morgan fingerprint density at radius 1 is 1.35 bits per heavy atom. The molecule has 3 nitrogen and oxygen atoms in total. The topological polar surface area (TPSA) is 38.1 Å². The second-order valence-electron chi connectivity index (χ2n) is 5.07. The van der Waals surface area contributed by atoms with Gasteiger partial charge in [0, 0.05) is 22.9 Å². The van der Waals surface area contributed by atoms with Crippen molar-refractivity contribution in [3.8, 4) is 0 Å². The number of rotatable bonds is 4. The van der Waals surface area contributed by atoms with Gasteiger partial charge < -0.3 is 9.73 Å². The SMILES string of the molecule is CNC(Cc1nc(C)cs1)c1cc2cccc(C)c2o1. The van der Waals surface area contributed by atoms with Crippen LogP contribution in [0.4, 0.5) is 0 Å². The molecule has 1 N–H and O–H groups in total. The third kappa shape index (κ3) is 2.49. The number of nitrogens with one attached hydrogen (secondary N) is 1. The molecule has 3 rings (SSSR count). The highest BCUT2D eigenvalue weighted by molar-refractivity contribution is 7.09. The Labute approximate surface area is 122 Å². The van der Waals surface area contributed by atoms with Crippen molar-refractivity contribution in [2.75, 3.05) is 7.05 Å². The number of hydrogen-bond acceptors (Lipinski definition) is 4. The van der Waals surface area contributed by atoms with Gasteiger partial charge in [-0.3, -0.25) is 0 Å². The predicted octanol–water partition coefficient (Wildman–Crippen LogP) is 4.01. The number of fused-ring (bicyclic) bond motifs is 1. The van der Waals surface area contributed by atoms with Crippen LogP contribution in [0.2, 0.25) is 0 Å². The van der Waals surface area contributed by atoms with E-state index in [9.17, 15) is 0 Å². The molecule has 0 amide bonds. The maximum absolute atomic E-state index is 6.05. The Morgan fingerprint density at radius 3 is 2.85 bits per heavy atom. The molecule has 1 atom stereocenters. The van der Waals surface area contributed by atoms with Gasteiger partial charge in [0.2, 0.25) is 0 Å². The number of likely N-dealkylation sites (N-methyl/N-ethyl adjacent to an activating group) is 1. The molecule has 1 unspecified atom stereocenters. The third-order valence-electron chi connectivity index (χ3n) is 3.50. The van der Waals surface area contributed by atoms with Crippen molar-refractivity contribution in [2.24, 2.45) is 0 Å². The minimum absolute atomic E-state index is 0.160. The zero-order chi connectivity index (χ0) is 14.1. The quantitative estimate of drug-likeness (QED) is 0.787. The van der Waals surface area contributed by atoms with Crippen LogP contribution >= 0.6 is 11.3 Å². The summed E-state index contributed by atoms with van der Waals surface area (Å²) >= 11 is 1.71. The number of aromatic nitrogens is 1. The largest absolute Gasteiger partial charge is 0.459 e. The molecule has 0 aliphatic rings. The highest BCUT2D eigenvalue weighted by Crippen LogP contribution is 2.28. The van der Waals surface area contributed by atoms with Crippen LogP contribution in [0.15, 0.2) is 34.1 Å². The number of furan rings is 1. The number of aryl methyl sites for hydroxylation is 2. The molecular weight excluding hydrogens is 268 g/mol. The van der Waals surface area contributed by atoms with Crippen molar-refractivity contribution < 1.29 is 4.42 Å². The molecule has 0 saturated heterocycles. The lowest BCUT2D eigenvalue weighted by atomic mass is 10.1. The summed E-state index contributed by atoms with van der Waals surface area (Å²) < 4.78 is 6.05. The number of nitrogens with zero attached hydrogens (tertiary/aromatic N) is 1. The van der Waals surface area contributed by atoms with Gasteiger partial charge >= 0.3 is 0 Å². The lowest BCUT2D eigenvalue weighted by molar-refractivity contribution is 0.449. The lowest BCUT2D eigenvalue weighted by Crippen LogP contribution is -2.18. The third-order valence-corrected chi connectivity index (χ3v) is 4.49. The molecule has 20 heavy (non-hydrogen) atoms. The average molecular weight is 286 g/mol. The maximum Gasteiger partial charge on any atom is 0.137 e. The van der Waals surface area contributed by atoms with Gasteiger partial charge in [-0.2, -0.15) is 0 Å². The summed E-state index contributed by atoms with van der Waals surface area (Å²) in [6.07, 6.45) is 0.855. The van der Waals surface area contributed by atoms with Gasteiger partial charge in [0.05, 0.1) is 11.0 Å². The fourth-order valence-corrected chi connectivity index (χ4v) is 3.24. The van der Waals surface area contributed by atoms with E-state index in [0.717, 1.165) is 33.9 Å². The molecule has 3 aromatic rings. The van der Waals surface area contributed by atoms with Gasteiger partial charge in [0.1, 0.15) is 11.3 Å². The van der Waals surface area contributed by atoms with E-state index in [1.54, 1.807) is 11.3 Å². The van der Waals surface area contributed by atoms with Gasteiger partial charge in [-0.05, 0) is 32.5 Å². The first-order valence-electron chi connectivity index (χ1n) is 6.74. The van der Waals surface area contributed by atoms with Gasteiger partial charge in [-0.15, -0.1) is 11.3 Å². The standard InChI is InChI=1S/C16H18N2OS/c1-10-5-4-6-12-7-14(19-16(10)12)13(17-3)8-15-18-11(2)9-20-15/h4-7,9,13,17H,8H2,1-3H3. The summed E-state index contributed by atoms with van der Waals surface area (Å²) in [5, 5.41) is 7.72. The summed E-state index contributed by atoms with van der Waals surface area (Å²) in [6, 6.07) is 8.52. The zero-order valence-electron chi connectivity index (χ0n) is 11.9. The van der Waals surface area contributed by atoms with Crippen molar-refractivity contribution in [3.63, 3.8) is 0 Å². The average Bonchev–Trinajstić information content (AvgIpc) is 3.03. The van der Waals surface area contributed by atoms with Crippen molar-refractivity contribution in [2.45, 2.75) is 26.3 Å². The van der Waals surface area contributed by atoms with Crippen molar-refractivity contribution in [1.82, 2.24) is 10.3 Å². The molecular formula is C16H18N2OS. The highest BCUT2D eigenvalue weighted by Gasteiger charge is 2.17. The number of para-hydroxylation sites is 1. The van der Waals surface area contributed by atoms with Gasteiger partial charge in [0.25, 0.3) is 0 Å². The first-order chi connectivity index (χ1) is 9.67. The smallest absolute Gasteiger partial charge is 0.137 e. The summed E-state index contributed by atoms with van der Waals surface area (Å²) in [7, 11) is 1.96. The molecule has 0 aliphatic carbocycles. The second-order valence-corrected chi connectivity index (χ2v) is 6.01. The van der Waals surface area contributed by atoms with Crippen LogP contribution in [0.25, 0.3) is 11.0 Å². The Kier molecular flexibility index (Phi) is 3.59. The fourth-order valence-electron chi connectivity index (χ4n) is 2.42. The van der Waals surface area contributed by atoms with E-state index < -0.39 is 0 Å². The minimum atomic E-state index is 0.160. The first-order valence-corrected chi connectivity index (χ1v) is 7.62. The Morgan fingerprint density at radius 2 is 2.20 bits per heavy atom. The molecule has 4 heteroatoms. The van der Waals surface area contributed by atoms with Crippen molar-refractivity contribution >= 4 is 22.3 Å². The van der Waals surface area contributed by atoms with E-state index in [2.05, 4.69) is 46.9 Å². The first kappa shape index (κ1) is 13.3. The van der Waals surface area contributed by atoms with E-state index in [1.807, 2.05) is 14.0 Å². The fraction of sp³-hybridized carbons (Fsp3) is 0.312. The predicted molar refractivity (Wildman–Crippen MR) is 83.3 cm³/mol. The number of hydrogen-bond donors (Lipinski definition) is 1. The summed E-state index contributed by atoms with van der Waals surface area (Å²) in [6.45, 7) is 4.10. The molecule has 1 aromatic carbocycles. The highest BCUT2D eigenvalue weighted by atomic mass is 32.1. The zero-order valence-corrected chi connectivity index (χ0v) is 12.8. The minimum Gasteiger partial charge on any atom is -0.459 e. The van der Waals surface area contributed by atoms with Gasteiger partial charge in [-0.25, -0.2) is 4.98 Å². The van der Waals surface area contributed by atoms with Gasteiger partial charge in [-0.1, -0.05) is 18.2 Å². The van der Waals surface area contributed by atoms with Crippen LogP contribution in [0.5, 0.6) is 0 Å². The molecule has 0 radical (unpaired) electrons. The van der Waals surface area contributed by atoms with Crippen molar-refractivity contribution in [1.29, 1.82) is 0 Å². The van der Waals surface area contributed by atoms with E-state index in [0.29, 0.717) is 0 Å². The number of thiazole rings is 1. The maximum atomic E-state index is 6.05. The molecule has 0 bridgehead atoms. The molecule has 104 valence electrons. The normalized spacial score (nSPS) is 12.9. The molecule has 0 saturated carbocycles. The molecule has 2 heterocycles. The van der Waals surface area contributed by atoms with Crippen LogP contribution in [0, 0.1) is 13.8 Å². The van der Waals surface area contributed by atoms with Crippen LogP contribution in [-0.4, -0.2) is 12.0 Å². The monoisotopic (exact) mass is 286 g/mol. The van der Waals surface area contributed by atoms with Crippen LogP contribution in [-0.2, 0) is 6.42 Å². The number of benzene rings is 1. The summed E-state index contributed by atoms with van der Waals surface area (Å²) in [5.41, 5.74) is 3.24. The van der Waals surface area contributed by atoms with E-state index >= 15 is 0 Å². The molecule has 0 fully saturated rings. The molecule has 0 spiro atoms. The Balaban J connectivity index is 1.92.